The van der Waals surface area contributed by atoms with Crippen LogP contribution in [0.3, 0.4) is 0 Å². The van der Waals surface area contributed by atoms with Crippen molar-refractivity contribution in [2.75, 3.05) is 52.7 Å². The summed E-state index contributed by atoms with van der Waals surface area (Å²) in [6.45, 7) is 7.43. The smallest absolute Gasteiger partial charge is 0.238 e. The first-order valence-corrected chi connectivity index (χ1v) is 11.0. The van der Waals surface area contributed by atoms with E-state index in [0.29, 0.717) is 19.7 Å². The van der Waals surface area contributed by atoms with Gasteiger partial charge in [-0.1, -0.05) is 35.9 Å². The predicted octanol–water partition coefficient (Wildman–Crippen LogP) is 3.57. The number of rotatable bonds is 6. The maximum Gasteiger partial charge on any atom is 0.238 e. The molecule has 1 heterocycles. The van der Waals surface area contributed by atoms with E-state index in [1.54, 1.807) is 0 Å². The molecule has 0 radical (unpaired) electrons. The zero-order valence-electron chi connectivity index (χ0n) is 20.2. The van der Waals surface area contributed by atoms with Crippen LogP contribution in [0.5, 0.6) is 0 Å². The molecule has 0 aromatic heterocycles. The van der Waals surface area contributed by atoms with Crippen LogP contribution in [0.15, 0.2) is 47.5 Å². The summed E-state index contributed by atoms with van der Waals surface area (Å²) in [6.07, 6.45) is 0.0261. The van der Waals surface area contributed by atoms with Gasteiger partial charge in [-0.25, -0.2) is 0 Å². The number of halogens is 1. The second-order valence-corrected chi connectivity index (χ2v) is 8.55. The Balaban J connectivity index is 0.00000385. The quantitative estimate of drug-likeness (QED) is 0.319. The van der Waals surface area contributed by atoms with Crippen LogP contribution in [-0.4, -0.2) is 69.1 Å². The molecule has 0 spiro atoms. The number of ether oxygens (including phenoxy) is 1. The summed E-state index contributed by atoms with van der Waals surface area (Å²) in [7, 11) is 5.56. The average Bonchev–Trinajstić information content (AvgIpc) is 2.74. The number of amides is 1. The highest BCUT2D eigenvalue weighted by Gasteiger charge is 2.25. The highest BCUT2D eigenvalue weighted by atomic mass is 127. The zero-order valence-corrected chi connectivity index (χ0v) is 22.6. The molecule has 1 fully saturated rings. The molecule has 0 aliphatic carbocycles. The van der Waals surface area contributed by atoms with E-state index in [2.05, 4.69) is 52.6 Å². The van der Waals surface area contributed by atoms with Crippen molar-refractivity contribution in [2.24, 2.45) is 4.99 Å². The normalized spacial score (nSPS) is 16.4. The van der Waals surface area contributed by atoms with Crippen LogP contribution in [0.1, 0.15) is 28.4 Å². The summed E-state index contributed by atoms with van der Waals surface area (Å²) >= 11 is 0. The van der Waals surface area contributed by atoms with Gasteiger partial charge in [0.1, 0.15) is 6.10 Å². The Kier molecular flexibility index (Phi) is 10.6. The Labute approximate surface area is 214 Å². The van der Waals surface area contributed by atoms with E-state index in [0.717, 1.165) is 30.3 Å². The Hall–Kier alpha value is -2.17. The molecule has 2 N–H and O–H groups in total. The highest BCUT2D eigenvalue weighted by Crippen LogP contribution is 2.26. The molecule has 1 aliphatic rings. The van der Waals surface area contributed by atoms with Gasteiger partial charge in [0.15, 0.2) is 5.96 Å². The molecule has 3 rings (SSSR count). The molecule has 2 aromatic carbocycles. The van der Waals surface area contributed by atoms with Crippen molar-refractivity contribution in [1.82, 2.24) is 15.1 Å². The molecule has 1 atom stereocenters. The molecule has 1 aliphatic heterocycles. The number of morpholine rings is 1. The number of aliphatic imine (C=N–C) groups is 1. The maximum atomic E-state index is 12.0. The number of guanidine groups is 1. The molecule has 7 nitrogen and oxygen atoms in total. The number of hydrogen-bond donors (Lipinski definition) is 2. The van der Waals surface area contributed by atoms with Gasteiger partial charge in [0, 0.05) is 25.8 Å². The lowest BCUT2D eigenvalue weighted by Gasteiger charge is -2.36. The monoisotopic (exact) mass is 565 g/mol. The van der Waals surface area contributed by atoms with E-state index >= 15 is 0 Å². The van der Waals surface area contributed by atoms with Crippen molar-refractivity contribution in [2.45, 2.75) is 26.5 Å². The zero-order chi connectivity index (χ0) is 23.1. The number of carbonyl (C=O) groups excluding carboxylic acids is 1. The number of carbonyl (C=O) groups is 1. The topological polar surface area (TPSA) is 69.2 Å². The summed E-state index contributed by atoms with van der Waals surface area (Å²) in [4.78, 5) is 20.6. The number of likely N-dealkylation sites (N-methyl/N-ethyl adjacent to an activating group) is 1. The molecule has 1 saturated heterocycles. The Morgan fingerprint density at radius 2 is 2.00 bits per heavy atom. The summed E-state index contributed by atoms with van der Waals surface area (Å²) in [6, 6.07) is 14.4. The van der Waals surface area contributed by atoms with Crippen LogP contribution in [0.2, 0.25) is 0 Å². The summed E-state index contributed by atoms with van der Waals surface area (Å²) in [5.74, 6) is 0.826. The van der Waals surface area contributed by atoms with E-state index in [4.69, 9.17) is 4.74 Å². The first kappa shape index (κ1) is 27.1. The highest BCUT2D eigenvalue weighted by molar-refractivity contribution is 14.0. The SMILES string of the molecule is CN=C(NCc1cccc(NC(=O)CN(C)C)c1)N1CCOC(c2ccc(C)cc2C)C1.I. The second kappa shape index (κ2) is 12.9. The Morgan fingerprint density at radius 1 is 1.21 bits per heavy atom. The maximum absolute atomic E-state index is 12.0. The van der Waals surface area contributed by atoms with Crippen molar-refractivity contribution < 1.29 is 9.53 Å². The fraction of sp³-hybridized carbons (Fsp3) is 0.440. The number of hydrogen-bond acceptors (Lipinski definition) is 4. The van der Waals surface area contributed by atoms with Crippen LogP contribution < -0.4 is 10.6 Å². The molecular formula is C25H36IN5O2. The van der Waals surface area contributed by atoms with E-state index in [1.165, 1.54) is 16.7 Å². The minimum absolute atomic E-state index is 0. The van der Waals surface area contributed by atoms with Crippen molar-refractivity contribution >= 4 is 41.5 Å². The molecular weight excluding hydrogens is 529 g/mol. The van der Waals surface area contributed by atoms with Crippen molar-refractivity contribution in [3.8, 4) is 0 Å². The third kappa shape index (κ3) is 7.97. The lowest BCUT2D eigenvalue weighted by Crippen LogP contribution is -2.48. The van der Waals surface area contributed by atoms with Gasteiger partial charge in [-0.2, -0.15) is 0 Å². The van der Waals surface area contributed by atoms with Gasteiger partial charge in [-0.3, -0.25) is 9.79 Å². The van der Waals surface area contributed by atoms with Crippen LogP contribution in [-0.2, 0) is 16.1 Å². The Morgan fingerprint density at radius 3 is 2.70 bits per heavy atom. The molecule has 1 unspecified atom stereocenters. The fourth-order valence-corrected chi connectivity index (χ4v) is 3.98. The van der Waals surface area contributed by atoms with Gasteiger partial charge in [-0.15, -0.1) is 24.0 Å². The largest absolute Gasteiger partial charge is 0.370 e. The standard InChI is InChI=1S/C25H35N5O2.HI/c1-18-9-10-22(19(2)13-18)23-16-30(11-12-32-23)25(26-3)27-15-20-7-6-8-21(14-20)28-24(31)17-29(4)5;/h6-10,13-14,23H,11-12,15-17H2,1-5H3,(H,26,27)(H,28,31);1H. The van der Waals surface area contributed by atoms with Gasteiger partial charge < -0.3 is 25.2 Å². The van der Waals surface area contributed by atoms with Crippen LogP contribution >= 0.6 is 24.0 Å². The molecule has 0 saturated carbocycles. The minimum atomic E-state index is -0.0262. The lowest BCUT2D eigenvalue weighted by molar-refractivity contribution is -0.116. The molecule has 8 heteroatoms. The van der Waals surface area contributed by atoms with E-state index < -0.39 is 0 Å². The number of benzene rings is 2. The molecule has 33 heavy (non-hydrogen) atoms. The second-order valence-electron chi connectivity index (χ2n) is 8.55. The van der Waals surface area contributed by atoms with Crippen molar-refractivity contribution in [3.63, 3.8) is 0 Å². The molecule has 1 amide bonds. The number of aryl methyl sites for hydroxylation is 2. The number of nitrogens with one attached hydrogen (secondary N) is 2. The van der Waals surface area contributed by atoms with Gasteiger partial charge >= 0.3 is 0 Å². The Bertz CT molecular complexity index is 964. The van der Waals surface area contributed by atoms with E-state index in [9.17, 15) is 4.79 Å². The lowest BCUT2D eigenvalue weighted by atomic mass is 10.00. The third-order valence-electron chi connectivity index (χ3n) is 5.47. The predicted molar refractivity (Wildman–Crippen MR) is 145 cm³/mol. The van der Waals surface area contributed by atoms with Gasteiger partial charge in [-0.05, 0) is 56.8 Å². The van der Waals surface area contributed by atoms with Crippen molar-refractivity contribution in [1.29, 1.82) is 0 Å². The summed E-state index contributed by atoms with van der Waals surface area (Å²) in [5.41, 5.74) is 5.63. The van der Waals surface area contributed by atoms with Crippen LogP contribution in [0.4, 0.5) is 5.69 Å². The summed E-state index contributed by atoms with van der Waals surface area (Å²) in [5, 5.41) is 6.41. The van der Waals surface area contributed by atoms with Crippen LogP contribution in [0, 0.1) is 13.8 Å². The summed E-state index contributed by atoms with van der Waals surface area (Å²) < 4.78 is 6.08. The van der Waals surface area contributed by atoms with Crippen LogP contribution in [0.25, 0.3) is 0 Å². The van der Waals surface area contributed by atoms with E-state index in [1.807, 2.05) is 50.3 Å². The molecule has 180 valence electrons. The average molecular weight is 566 g/mol. The number of anilines is 1. The first-order valence-electron chi connectivity index (χ1n) is 11.0. The first-order chi connectivity index (χ1) is 15.4. The van der Waals surface area contributed by atoms with Crippen molar-refractivity contribution in [3.05, 3.63) is 64.7 Å². The fourth-order valence-electron chi connectivity index (χ4n) is 3.98. The minimum Gasteiger partial charge on any atom is -0.370 e. The third-order valence-corrected chi connectivity index (χ3v) is 5.47. The molecule has 2 aromatic rings. The van der Waals surface area contributed by atoms with E-state index in [-0.39, 0.29) is 36.0 Å². The van der Waals surface area contributed by atoms with Gasteiger partial charge in [0.2, 0.25) is 5.91 Å². The number of nitrogens with zero attached hydrogens (tertiary/aromatic N) is 3. The van der Waals surface area contributed by atoms with Gasteiger partial charge in [0.05, 0.1) is 19.7 Å². The van der Waals surface area contributed by atoms with Gasteiger partial charge in [0.25, 0.3) is 0 Å². The molecule has 0 bridgehead atoms.